The van der Waals surface area contributed by atoms with Gasteiger partial charge in [-0.15, -0.1) is 10.2 Å². The largest absolute Gasteiger partial charge is 0.481 e. The zero-order chi connectivity index (χ0) is 9.80. The number of aromatic nitrogens is 4. The first kappa shape index (κ1) is 8.55. The lowest BCUT2D eigenvalue weighted by Gasteiger charge is -2.00. The van der Waals surface area contributed by atoms with Crippen LogP contribution < -0.4 is 4.74 Å². The fourth-order valence-electron chi connectivity index (χ4n) is 1.06. The van der Waals surface area contributed by atoms with Gasteiger partial charge in [-0.25, -0.2) is 4.98 Å². The minimum absolute atomic E-state index is 0.587. The highest BCUT2D eigenvalue weighted by Crippen LogP contribution is 2.17. The average Bonchev–Trinajstić information content (AvgIpc) is 2.30. The van der Waals surface area contributed by atoms with Crippen molar-refractivity contribution in [2.45, 2.75) is 0 Å². The van der Waals surface area contributed by atoms with Crippen molar-refractivity contribution in [2.24, 2.45) is 0 Å². The van der Waals surface area contributed by atoms with Gasteiger partial charge in [-0.05, 0) is 11.3 Å². The van der Waals surface area contributed by atoms with E-state index in [1.807, 2.05) is 6.07 Å². The average molecular weight is 188 g/mol. The first-order chi connectivity index (χ1) is 6.90. The summed E-state index contributed by atoms with van der Waals surface area (Å²) in [6.45, 7) is 0. The molecule has 0 fully saturated rings. The third-order valence-corrected chi connectivity index (χ3v) is 1.78. The summed E-state index contributed by atoms with van der Waals surface area (Å²) in [7, 11) is 1.58. The molecule has 0 aromatic carbocycles. The molecule has 0 saturated heterocycles. The van der Waals surface area contributed by atoms with Crippen LogP contribution in [-0.4, -0.2) is 27.5 Å². The van der Waals surface area contributed by atoms with E-state index in [-0.39, 0.29) is 0 Å². The van der Waals surface area contributed by atoms with Gasteiger partial charge in [0.15, 0.2) is 0 Å². The van der Waals surface area contributed by atoms with Crippen LogP contribution in [-0.2, 0) is 0 Å². The van der Waals surface area contributed by atoms with Gasteiger partial charge in [-0.3, -0.25) is 0 Å². The van der Waals surface area contributed by atoms with E-state index in [0.717, 1.165) is 11.1 Å². The Bertz CT molecular complexity index is 401. The standard InChI is InChI=1S/C9H8N4O/c1-14-9-3-2-7(4-10-9)8-5-11-13-12-6-8/h2-6H,1H3. The van der Waals surface area contributed by atoms with Crippen molar-refractivity contribution in [2.75, 3.05) is 7.11 Å². The Morgan fingerprint density at radius 3 is 2.36 bits per heavy atom. The minimum atomic E-state index is 0.587. The van der Waals surface area contributed by atoms with Crippen LogP contribution in [0.1, 0.15) is 0 Å². The number of pyridine rings is 1. The minimum Gasteiger partial charge on any atom is -0.481 e. The molecule has 0 aliphatic rings. The Kier molecular flexibility index (Phi) is 2.31. The topological polar surface area (TPSA) is 60.8 Å². The van der Waals surface area contributed by atoms with Crippen LogP contribution in [0.25, 0.3) is 11.1 Å². The molecule has 14 heavy (non-hydrogen) atoms. The molecule has 2 aromatic heterocycles. The molecular weight excluding hydrogens is 180 g/mol. The number of hydrogen-bond acceptors (Lipinski definition) is 5. The summed E-state index contributed by atoms with van der Waals surface area (Å²) in [5, 5.41) is 10.8. The molecule has 0 aliphatic carbocycles. The normalized spacial score (nSPS) is 9.79. The van der Waals surface area contributed by atoms with E-state index in [2.05, 4.69) is 20.4 Å². The molecule has 0 N–H and O–H groups in total. The van der Waals surface area contributed by atoms with Gasteiger partial charge in [0, 0.05) is 23.4 Å². The van der Waals surface area contributed by atoms with Crippen molar-refractivity contribution in [1.82, 2.24) is 20.4 Å². The zero-order valence-corrected chi connectivity index (χ0v) is 7.58. The van der Waals surface area contributed by atoms with E-state index in [1.54, 1.807) is 31.8 Å². The molecule has 0 radical (unpaired) electrons. The molecule has 2 rings (SSSR count). The van der Waals surface area contributed by atoms with Crippen molar-refractivity contribution >= 4 is 0 Å². The molecule has 5 heteroatoms. The third-order valence-electron chi connectivity index (χ3n) is 1.78. The summed E-state index contributed by atoms with van der Waals surface area (Å²) in [6.07, 6.45) is 4.98. The maximum atomic E-state index is 4.95. The fraction of sp³-hybridized carbons (Fsp3) is 0.111. The first-order valence-corrected chi connectivity index (χ1v) is 4.04. The van der Waals surface area contributed by atoms with E-state index >= 15 is 0 Å². The molecule has 2 aromatic rings. The zero-order valence-electron chi connectivity index (χ0n) is 7.58. The van der Waals surface area contributed by atoms with Crippen molar-refractivity contribution in [3.8, 4) is 17.0 Å². The van der Waals surface area contributed by atoms with Gasteiger partial charge in [0.2, 0.25) is 5.88 Å². The van der Waals surface area contributed by atoms with Crippen molar-refractivity contribution in [3.63, 3.8) is 0 Å². The summed E-state index contributed by atoms with van der Waals surface area (Å²) >= 11 is 0. The fourth-order valence-corrected chi connectivity index (χ4v) is 1.06. The third kappa shape index (κ3) is 1.66. The highest BCUT2D eigenvalue weighted by atomic mass is 16.5. The van der Waals surface area contributed by atoms with Crippen molar-refractivity contribution in [1.29, 1.82) is 0 Å². The smallest absolute Gasteiger partial charge is 0.212 e. The van der Waals surface area contributed by atoms with E-state index in [0.29, 0.717) is 5.88 Å². The van der Waals surface area contributed by atoms with Crippen LogP contribution in [0.2, 0.25) is 0 Å². The van der Waals surface area contributed by atoms with Gasteiger partial charge in [-0.2, -0.15) is 0 Å². The molecule has 0 atom stereocenters. The lowest BCUT2D eigenvalue weighted by molar-refractivity contribution is 0.398. The Balaban J connectivity index is 2.34. The quantitative estimate of drug-likeness (QED) is 0.701. The lowest BCUT2D eigenvalue weighted by atomic mass is 10.2. The van der Waals surface area contributed by atoms with Gasteiger partial charge < -0.3 is 4.74 Å². The molecule has 0 bridgehead atoms. The van der Waals surface area contributed by atoms with Gasteiger partial charge >= 0.3 is 0 Å². The monoisotopic (exact) mass is 188 g/mol. The second-order valence-electron chi connectivity index (χ2n) is 2.62. The van der Waals surface area contributed by atoms with Gasteiger partial charge in [0.1, 0.15) is 0 Å². The number of nitrogens with zero attached hydrogens (tertiary/aromatic N) is 4. The van der Waals surface area contributed by atoms with Crippen molar-refractivity contribution < 1.29 is 4.74 Å². The molecule has 0 unspecified atom stereocenters. The van der Waals surface area contributed by atoms with Crippen LogP contribution in [0.15, 0.2) is 30.7 Å². The van der Waals surface area contributed by atoms with Gasteiger partial charge in [0.05, 0.1) is 19.5 Å². The summed E-state index contributed by atoms with van der Waals surface area (Å²) in [5.74, 6) is 0.587. The number of hydrogen-bond donors (Lipinski definition) is 0. The summed E-state index contributed by atoms with van der Waals surface area (Å²) in [6, 6.07) is 3.68. The lowest BCUT2D eigenvalue weighted by Crippen LogP contribution is -1.89. The molecular formula is C9H8N4O. The molecule has 2 heterocycles. The van der Waals surface area contributed by atoms with Gasteiger partial charge in [-0.1, -0.05) is 0 Å². The molecule has 0 aliphatic heterocycles. The predicted octanol–water partition coefficient (Wildman–Crippen LogP) is 0.942. The molecule has 0 amide bonds. The van der Waals surface area contributed by atoms with E-state index in [1.165, 1.54) is 0 Å². The summed E-state index contributed by atoms with van der Waals surface area (Å²) < 4.78 is 4.95. The second-order valence-corrected chi connectivity index (χ2v) is 2.62. The maximum Gasteiger partial charge on any atom is 0.212 e. The maximum absolute atomic E-state index is 4.95. The molecule has 5 nitrogen and oxygen atoms in total. The van der Waals surface area contributed by atoms with E-state index in [4.69, 9.17) is 4.74 Å². The molecule has 0 spiro atoms. The highest BCUT2D eigenvalue weighted by Gasteiger charge is 1.98. The molecule has 0 saturated carbocycles. The van der Waals surface area contributed by atoms with Gasteiger partial charge in [0.25, 0.3) is 0 Å². The Labute approximate surface area is 80.8 Å². The molecule has 70 valence electrons. The Morgan fingerprint density at radius 1 is 1.00 bits per heavy atom. The highest BCUT2D eigenvalue weighted by molar-refractivity contribution is 5.60. The van der Waals surface area contributed by atoms with Crippen molar-refractivity contribution in [3.05, 3.63) is 30.7 Å². The summed E-state index contributed by atoms with van der Waals surface area (Å²) in [5.41, 5.74) is 1.82. The number of methoxy groups -OCH3 is 1. The second kappa shape index (κ2) is 3.78. The SMILES string of the molecule is COc1ccc(-c2cnnnc2)cn1. The van der Waals surface area contributed by atoms with Crippen LogP contribution in [0.4, 0.5) is 0 Å². The van der Waals surface area contributed by atoms with Crippen LogP contribution in [0, 0.1) is 0 Å². The van der Waals surface area contributed by atoms with Crippen LogP contribution >= 0.6 is 0 Å². The Hall–Kier alpha value is -2.04. The Morgan fingerprint density at radius 2 is 1.79 bits per heavy atom. The summed E-state index contributed by atoms with van der Waals surface area (Å²) in [4.78, 5) is 4.08. The van der Waals surface area contributed by atoms with E-state index < -0.39 is 0 Å². The first-order valence-electron chi connectivity index (χ1n) is 4.04. The van der Waals surface area contributed by atoms with Crippen LogP contribution in [0.3, 0.4) is 0 Å². The number of rotatable bonds is 2. The van der Waals surface area contributed by atoms with E-state index in [9.17, 15) is 0 Å². The van der Waals surface area contributed by atoms with Crippen LogP contribution in [0.5, 0.6) is 5.88 Å². The number of ether oxygens (including phenoxy) is 1. The predicted molar refractivity (Wildman–Crippen MR) is 49.6 cm³/mol.